The minimum absolute atomic E-state index is 0.104. The molecular formula is C21H27NO5. The number of nitrogens with zero attached hydrogens (tertiary/aromatic N) is 1. The van der Waals surface area contributed by atoms with Gasteiger partial charge >= 0.3 is 5.97 Å². The Morgan fingerprint density at radius 3 is 2.67 bits per heavy atom. The highest BCUT2D eigenvalue weighted by atomic mass is 16.6. The first-order valence-electron chi connectivity index (χ1n) is 9.61. The van der Waals surface area contributed by atoms with Crippen molar-refractivity contribution in [3.8, 4) is 11.5 Å². The van der Waals surface area contributed by atoms with E-state index in [4.69, 9.17) is 14.2 Å². The number of likely N-dealkylation sites (tertiary alicyclic amines) is 1. The van der Waals surface area contributed by atoms with E-state index in [9.17, 15) is 9.59 Å². The summed E-state index contributed by atoms with van der Waals surface area (Å²) in [6.45, 7) is 8.28. The van der Waals surface area contributed by atoms with E-state index in [2.05, 4.69) is 20.8 Å². The summed E-state index contributed by atoms with van der Waals surface area (Å²) < 4.78 is 16.2. The molecule has 3 aliphatic rings. The lowest BCUT2D eigenvalue weighted by Gasteiger charge is -2.39. The van der Waals surface area contributed by atoms with Crippen molar-refractivity contribution in [2.45, 2.75) is 46.1 Å². The van der Waals surface area contributed by atoms with Crippen molar-refractivity contribution in [1.29, 1.82) is 0 Å². The third kappa shape index (κ3) is 3.62. The molecule has 1 aromatic rings. The molecule has 1 saturated heterocycles. The molecule has 6 nitrogen and oxygen atoms in total. The van der Waals surface area contributed by atoms with Crippen LogP contribution in [0.2, 0.25) is 0 Å². The monoisotopic (exact) mass is 373 g/mol. The predicted octanol–water partition coefficient (Wildman–Crippen LogP) is 3.04. The zero-order chi connectivity index (χ0) is 19.2. The molecule has 1 aromatic carbocycles. The maximum absolute atomic E-state index is 12.7. The van der Waals surface area contributed by atoms with Gasteiger partial charge in [0.25, 0.3) is 5.91 Å². The number of hydrogen-bond donors (Lipinski definition) is 0. The van der Waals surface area contributed by atoms with E-state index in [1.54, 1.807) is 18.2 Å². The van der Waals surface area contributed by atoms with E-state index in [-0.39, 0.29) is 29.4 Å². The van der Waals surface area contributed by atoms with Crippen molar-refractivity contribution in [1.82, 2.24) is 4.90 Å². The molecule has 2 atom stereocenters. The molecule has 6 heteroatoms. The van der Waals surface area contributed by atoms with Crippen LogP contribution in [-0.4, -0.2) is 49.2 Å². The minimum Gasteiger partial charge on any atom is -0.486 e. The molecule has 2 fully saturated rings. The van der Waals surface area contributed by atoms with Crippen molar-refractivity contribution < 1.29 is 23.8 Å². The Morgan fingerprint density at radius 2 is 1.89 bits per heavy atom. The smallest absolute Gasteiger partial charge is 0.338 e. The van der Waals surface area contributed by atoms with Gasteiger partial charge in [0.1, 0.15) is 13.2 Å². The van der Waals surface area contributed by atoms with Crippen LogP contribution in [-0.2, 0) is 9.53 Å². The molecule has 0 radical (unpaired) electrons. The molecule has 0 unspecified atom stereocenters. The topological polar surface area (TPSA) is 65.1 Å². The minimum atomic E-state index is -0.519. The van der Waals surface area contributed by atoms with Crippen LogP contribution in [0.5, 0.6) is 11.5 Å². The Kier molecular flexibility index (Phi) is 4.32. The molecule has 0 spiro atoms. The maximum Gasteiger partial charge on any atom is 0.338 e. The Bertz CT molecular complexity index is 774. The Labute approximate surface area is 159 Å². The summed E-state index contributed by atoms with van der Waals surface area (Å²) in [5, 5.41) is 0. The molecule has 146 valence electrons. The fourth-order valence-corrected chi connectivity index (χ4v) is 5.22. The molecule has 4 rings (SSSR count). The van der Waals surface area contributed by atoms with Gasteiger partial charge in [-0.15, -0.1) is 0 Å². The first-order chi connectivity index (χ1) is 12.7. The van der Waals surface area contributed by atoms with Crippen LogP contribution < -0.4 is 9.47 Å². The van der Waals surface area contributed by atoms with Crippen molar-refractivity contribution >= 4 is 11.9 Å². The summed E-state index contributed by atoms with van der Waals surface area (Å²) in [7, 11) is 0. The number of carbonyl (C=O) groups is 2. The largest absolute Gasteiger partial charge is 0.486 e. The highest BCUT2D eigenvalue weighted by Gasteiger charge is 2.50. The zero-order valence-electron chi connectivity index (χ0n) is 16.2. The number of fused-ring (bicyclic) bond motifs is 3. The molecule has 1 aliphatic carbocycles. The van der Waals surface area contributed by atoms with Crippen molar-refractivity contribution in [3.63, 3.8) is 0 Å². The summed E-state index contributed by atoms with van der Waals surface area (Å²) in [5.74, 6) is 0.529. The fraction of sp³-hybridized carbons (Fsp3) is 0.619. The molecular weight excluding hydrogens is 346 g/mol. The molecule has 2 heterocycles. The molecule has 0 aromatic heterocycles. The second-order valence-corrected chi connectivity index (χ2v) is 9.17. The van der Waals surface area contributed by atoms with Gasteiger partial charge in [0.15, 0.2) is 18.1 Å². The van der Waals surface area contributed by atoms with Crippen LogP contribution in [0, 0.1) is 10.8 Å². The van der Waals surface area contributed by atoms with Gasteiger partial charge in [-0.25, -0.2) is 4.79 Å². The lowest BCUT2D eigenvalue weighted by Crippen LogP contribution is -2.39. The van der Waals surface area contributed by atoms with Crippen LogP contribution in [0.3, 0.4) is 0 Å². The third-order valence-electron chi connectivity index (χ3n) is 5.84. The van der Waals surface area contributed by atoms with Gasteiger partial charge in [0.05, 0.1) is 5.56 Å². The van der Waals surface area contributed by atoms with E-state index in [1.165, 1.54) is 0 Å². The van der Waals surface area contributed by atoms with Crippen LogP contribution in [0.15, 0.2) is 18.2 Å². The molecule has 1 amide bonds. The SMILES string of the molecule is CC1(C)C[C@@H]2C[C@@](C)(CN2C(=O)COC(=O)c2ccc3c(c2)OCCO3)C1. The summed E-state index contributed by atoms with van der Waals surface area (Å²) in [5.41, 5.74) is 0.775. The Hall–Kier alpha value is -2.24. The van der Waals surface area contributed by atoms with Gasteiger partial charge in [0, 0.05) is 12.6 Å². The van der Waals surface area contributed by atoms with Crippen molar-refractivity contribution in [2.75, 3.05) is 26.4 Å². The van der Waals surface area contributed by atoms with Crippen molar-refractivity contribution in [3.05, 3.63) is 23.8 Å². The highest BCUT2D eigenvalue weighted by molar-refractivity contribution is 5.92. The Morgan fingerprint density at radius 1 is 1.15 bits per heavy atom. The first kappa shape index (κ1) is 18.1. The number of hydrogen-bond acceptors (Lipinski definition) is 5. The number of amides is 1. The molecule has 0 N–H and O–H groups in total. The fourth-order valence-electron chi connectivity index (χ4n) is 5.22. The predicted molar refractivity (Wildman–Crippen MR) is 99.0 cm³/mol. The van der Waals surface area contributed by atoms with E-state index >= 15 is 0 Å². The molecule has 1 saturated carbocycles. The molecule has 2 aliphatic heterocycles. The molecule has 2 bridgehead atoms. The van der Waals surface area contributed by atoms with Crippen LogP contribution in [0.1, 0.15) is 50.4 Å². The second-order valence-electron chi connectivity index (χ2n) is 9.17. The van der Waals surface area contributed by atoms with E-state index in [0.29, 0.717) is 30.3 Å². The Balaban J connectivity index is 1.38. The number of benzene rings is 1. The van der Waals surface area contributed by atoms with Crippen LogP contribution >= 0.6 is 0 Å². The van der Waals surface area contributed by atoms with Gasteiger partial charge in [0.2, 0.25) is 0 Å². The van der Waals surface area contributed by atoms with Gasteiger partial charge in [-0.2, -0.15) is 0 Å². The van der Waals surface area contributed by atoms with E-state index < -0.39 is 5.97 Å². The van der Waals surface area contributed by atoms with Crippen molar-refractivity contribution in [2.24, 2.45) is 10.8 Å². The number of carbonyl (C=O) groups excluding carboxylic acids is 2. The summed E-state index contributed by atoms with van der Waals surface area (Å²) >= 11 is 0. The summed E-state index contributed by atoms with van der Waals surface area (Å²) in [6, 6.07) is 5.18. The normalized spacial score (nSPS) is 28.0. The van der Waals surface area contributed by atoms with E-state index in [0.717, 1.165) is 25.8 Å². The maximum atomic E-state index is 12.7. The van der Waals surface area contributed by atoms with Gasteiger partial charge in [-0.1, -0.05) is 20.8 Å². The first-order valence-corrected chi connectivity index (χ1v) is 9.61. The highest BCUT2D eigenvalue weighted by Crippen LogP contribution is 2.52. The molecule has 27 heavy (non-hydrogen) atoms. The van der Waals surface area contributed by atoms with Crippen LogP contribution in [0.4, 0.5) is 0 Å². The standard InChI is InChI=1S/C21H27NO5/c1-20(2)9-15-10-21(3,12-20)13-22(15)18(23)11-27-19(24)14-4-5-16-17(8-14)26-7-6-25-16/h4-5,8,15H,6-7,9-13H2,1-3H3/t15-,21-/m1/s1. The summed E-state index contributed by atoms with van der Waals surface area (Å²) in [4.78, 5) is 27.0. The number of rotatable bonds is 3. The van der Waals surface area contributed by atoms with Gasteiger partial charge in [-0.05, 0) is 48.3 Å². The number of ether oxygens (including phenoxy) is 3. The average molecular weight is 373 g/mol. The zero-order valence-corrected chi connectivity index (χ0v) is 16.2. The summed E-state index contributed by atoms with van der Waals surface area (Å²) in [6.07, 6.45) is 3.17. The third-order valence-corrected chi connectivity index (χ3v) is 5.84. The van der Waals surface area contributed by atoms with Gasteiger partial charge in [-0.3, -0.25) is 4.79 Å². The quantitative estimate of drug-likeness (QED) is 0.762. The second kappa shape index (κ2) is 6.43. The van der Waals surface area contributed by atoms with Crippen LogP contribution in [0.25, 0.3) is 0 Å². The van der Waals surface area contributed by atoms with Gasteiger partial charge < -0.3 is 19.1 Å². The lowest BCUT2D eigenvalue weighted by atomic mass is 9.65. The van der Waals surface area contributed by atoms with E-state index in [1.807, 2.05) is 4.90 Å². The number of esters is 1. The average Bonchev–Trinajstić information content (AvgIpc) is 2.87. The lowest BCUT2D eigenvalue weighted by molar-refractivity contribution is -0.135.